The zero-order valence-electron chi connectivity index (χ0n) is 15.1. The van der Waals surface area contributed by atoms with Crippen LogP contribution in [0.15, 0.2) is 60.7 Å². The molecule has 0 fully saturated rings. The van der Waals surface area contributed by atoms with Gasteiger partial charge in [0, 0.05) is 18.7 Å². The smallest absolute Gasteiger partial charge is 0.251 e. The zero-order chi connectivity index (χ0) is 19.2. The molecule has 0 radical (unpaired) electrons. The molecule has 0 aliphatic heterocycles. The van der Waals surface area contributed by atoms with Crippen LogP contribution in [0.2, 0.25) is 0 Å². The van der Waals surface area contributed by atoms with Gasteiger partial charge < -0.3 is 10.6 Å². The van der Waals surface area contributed by atoms with Gasteiger partial charge in [0.15, 0.2) is 0 Å². The first-order chi connectivity index (χ1) is 13.0. The largest absolute Gasteiger partial charge is 0.354 e. The molecule has 0 unspecified atom stereocenters. The van der Waals surface area contributed by atoms with E-state index in [-0.39, 0.29) is 30.3 Å². The molecule has 0 heterocycles. The molecule has 0 aliphatic rings. The minimum atomic E-state index is -0.411. The van der Waals surface area contributed by atoms with Gasteiger partial charge in [0.05, 0.1) is 6.42 Å². The lowest BCUT2D eigenvalue weighted by atomic mass is 10.0. The average Bonchev–Trinajstić information content (AvgIpc) is 2.67. The Morgan fingerprint density at radius 3 is 2.48 bits per heavy atom. The maximum Gasteiger partial charge on any atom is 0.251 e. The summed E-state index contributed by atoms with van der Waals surface area (Å²) < 4.78 is 13.5. The number of amides is 2. The first kappa shape index (κ1) is 18.6. The van der Waals surface area contributed by atoms with Crippen molar-refractivity contribution in [2.45, 2.75) is 13.3 Å². The van der Waals surface area contributed by atoms with Crippen LogP contribution >= 0.6 is 0 Å². The van der Waals surface area contributed by atoms with Gasteiger partial charge in [-0.1, -0.05) is 48.5 Å². The Morgan fingerprint density at radius 1 is 0.926 bits per heavy atom. The summed E-state index contributed by atoms with van der Waals surface area (Å²) in [5.41, 5.74) is 1.72. The van der Waals surface area contributed by atoms with Crippen LogP contribution < -0.4 is 10.6 Å². The molecule has 0 atom stereocenters. The third-order valence-corrected chi connectivity index (χ3v) is 4.40. The van der Waals surface area contributed by atoms with Gasteiger partial charge in [0.1, 0.15) is 5.82 Å². The third-order valence-electron chi connectivity index (χ3n) is 4.40. The first-order valence-electron chi connectivity index (χ1n) is 8.82. The molecule has 3 aromatic carbocycles. The fourth-order valence-electron chi connectivity index (χ4n) is 2.90. The van der Waals surface area contributed by atoms with E-state index in [1.807, 2.05) is 42.5 Å². The van der Waals surface area contributed by atoms with Crippen molar-refractivity contribution in [1.82, 2.24) is 10.6 Å². The molecule has 5 heteroatoms. The number of hydrogen-bond acceptors (Lipinski definition) is 2. The van der Waals surface area contributed by atoms with Crippen molar-refractivity contribution in [2.24, 2.45) is 0 Å². The van der Waals surface area contributed by atoms with Crippen LogP contribution in [0.1, 0.15) is 21.5 Å². The number of rotatable bonds is 6. The van der Waals surface area contributed by atoms with Crippen molar-refractivity contribution in [2.75, 3.05) is 13.1 Å². The summed E-state index contributed by atoms with van der Waals surface area (Å²) in [6, 6.07) is 18.2. The van der Waals surface area contributed by atoms with Gasteiger partial charge in [-0.15, -0.1) is 0 Å². The monoisotopic (exact) mass is 364 g/mol. The topological polar surface area (TPSA) is 58.2 Å². The summed E-state index contributed by atoms with van der Waals surface area (Å²) >= 11 is 0. The number of aryl methyl sites for hydroxylation is 1. The van der Waals surface area contributed by atoms with Crippen LogP contribution in [0, 0.1) is 12.7 Å². The molecule has 138 valence electrons. The molecule has 4 nitrogen and oxygen atoms in total. The highest BCUT2D eigenvalue weighted by atomic mass is 19.1. The molecule has 2 amide bonds. The molecular weight excluding hydrogens is 343 g/mol. The van der Waals surface area contributed by atoms with Crippen molar-refractivity contribution in [3.8, 4) is 0 Å². The van der Waals surface area contributed by atoms with E-state index in [2.05, 4.69) is 10.6 Å². The normalized spacial score (nSPS) is 10.6. The minimum Gasteiger partial charge on any atom is -0.354 e. The second-order valence-electron chi connectivity index (χ2n) is 6.38. The van der Waals surface area contributed by atoms with Crippen LogP contribution in [0.5, 0.6) is 0 Å². The third kappa shape index (κ3) is 4.70. The number of carbonyl (C=O) groups is 2. The second kappa shape index (κ2) is 8.45. The molecule has 0 saturated carbocycles. The Labute approximate surface area is 157 Å². The fourth-order valence-corrected chi connectivity index (χ4v) is 2.90. The summed E-state index contributed by atoms with van der Waals surface area (Å²) in [5.74, 6) is -0.884. The van der Waals surface area contributed by atoms with E-state index in [9.17, 15) is 14.0 Å². The quantitative estimate of drug-likeness (QED) is 0.659. The Morgan fingerprint density at radius 2 is 1.67 bits per heavy atom. The number of benzene rings is 3. The Hall–Kier alpha value is -3.21. The maximum absolute atomic E-state index is 13.5. The standard InChI is InChI=1S/C22H21FN2O2/c1-15-9-10-18(13-20(15)23)22(27)25-12-11-24-21(26)14-17-7-4-6-16-5-2-3-8-19(16)17/h2-10,13H,11-12,14H2,1H3,(H,24,26)(H,25,27). The van der Waals surface area contributed by atoms with Gasteiger partial charge in [-0.25, -0.2) is 4.39 Å². The van der Waals surface area contributed by atoms with E-state index in [0.717, 1.165) is 16.3 Å². The highest BCUT2D eigenvalue weighted by molar-refractivity contribution is 5.94. The van der Waals surface area contributed by atoms with Crippen LogP contribution in [0.3, 0.4) is 0 Å². The first-order valence-corrected chi connectivity index (χ1v) is 8.82. The molecule has 2 N–H and O–H groups in total. The molecule has 3 rings (SSSR count). The molecule has 0 aliphatic carbocycles. The van der Waals surface area contributed by atoms with Crippen molar-refractivity contribution in [3.05, 3.63) is 83.2 Å². The molecule has 0 saturated heterocycles. The maximum atomic E-state index is 13.5. The average molecular weight is 364 g/mol. The number of nitrogens with one attached hydrogen (secondary N) is 2. The van der Waals surface area contributed by atoms with E-state index in [1.165, 1.54) is 6.07 Å². The number of halogens is 1. The predicted molar refractivity (Wildman–Crippen MR) is 104 cm³/mol. The van der Waals surface area contributed by atoms with E-state index >= 15 is 0 Å². The van der Waals surface area contributed by atoms with Gasteiger partial charge >= 0.3 is 0 Å². The molecule has 3 aromatic rings. The van der Waals surface area contributed by atoms with Gasteiger partial charge in [-0.05, 0) is 41.0 Å². The van der Waals surface area contributed by atoms with Gasteiger partial charge in [0.25, 0.3) is 5.91 Å². The van der Waals surface area contributed by atoms with Gasteiger partial charge in [0.2, 0.25) is 5.91 Å². The summed E-state index contributed by atoms with van der Waals surface area (Å²) in [5, 5.41) is 7.63. The van der Waals surface area contributed by atoms with E-state index in [1.54, 1.807) is 19.1 Å². The summed E-state index contributed by atoms with van der Waals surface area (Å²) in [6.07, 6.45) is 0.276. The highest BCUT2D eigenvalue weighted by Crippen LogP contribution is 2.18. The Bertz CT molecular complexity index is 980. The summed E-state index contributed by atoms with van der Waals surface area (Å²) in [4.78, 5) is 24.2. The van der Waals surface area contributed by atoms with Gasteiger partial charge in [-0.3, -0.25) is 9.59 Å². The van der Waals surface area contributed by atoms with Crippen molar-refractivity contribution < 1.29 is 14.0 Å². The van der Waals surface area contributed by atoms with E-state index < -0.39 is 5.82 Å². The fraction of sp³-hybridized carbons (Fsp3) is 0.182. The van der Waals surface area contributed by atoms with E-state index in [0.29, 0.717) is 12.1 Å². The molecule has 0 bridgehead atoms. The highest BCUT2D eigenvalue weighted by Gasteiger charge is 2.09. The van der Waals surface area contributed by atoms with Crippen LogP contribution in [0.4, 0.5) is 4.39 Å². The lowest BCUT2D eigenvalue weighted by molar-refractivity contribution is -0.120. The van der Waals surface area contributed by atoms with Gasteiger partial charge in [-0.2, -0.15) is 0 Å². The lowest BCUT2D eigenvalue weighted by Crippen LogP contribution is -2.35. The lowest BCUT2D eigenvalue weighted by Gasteiger charge is -2.09. The Kier molecular flexibility index (Phi) is 5.81. The van der Waals surface area contributed by atoms with E-state index in [4.69, 9.17) is 0 Å². The zero-order valence-corrected chi connectivity index (χ0v) is 15.1. The van der Waals surface area contributed by atoms with Crippen LogP contribution in [0.25, 0.3) is 10.8 Å². The minimum absolute atomic E-state index is 0.109. The van der Waals surface area contributed by atoms with Crippen molar-refractivity contribution in [3.63, 3.8) is 0 Å². The number of hydrogen-bond donors (Lipinski definition) is 2. The second-order valence-corrected chi connectivity index (χ2v) is 6.38. The Balaban J connectivity index is 1.48. The van der Waals surface area contributed by atoms with Crippen molar-refractivity contribution >= 4 is 22.6 Å². The predicted octanol–water partition coefficient (Wildman–Crippen LogP) is 3.38. The van der Waals surface area contributed by atoms with Crippen molar-refractivity contribution in [1.29, 1.82) is 0 Å². The van der Waals surface area contributed by atoms with Crippen LogP contribution in [-0.2, 0) is 11.2 Å². The molecule has 27 heavy (non-hydrogen) atoms. The summed E-state index contributed by atoms with van der Waals surface area (Å²) in [6.45, 7) is 2.22. The molecule has 0 spiro atoms. The number of carbonyl (C=O) groups excluding carboxylic acids is 2. The SMILES string of the molecule is Cc1ccc(C(=O)NCCNC(=O)Cc2cccc3ccccc23)cc1F. The molecule has 0 aromatic heterocycles. The summed E-state index contributed by atoms with van der Waals surface area (Å²) in [7, 11) is 0. The molecular formula is C22H21FN2O2. The van der Waals surface area contributed by atoms with Crippen LogP contribution in [-0.4, -0.2) is 24.9 Å². The number of fused-ring (bicyclic) bond motifs is 1.